The number of benzene rings is 1. The van der Waals surface area contributed by atoms with Crippen LogP contribution in [0.3, 0.4) is 0 Å². The van der Waals surface area contributed by atoms with Gasteiger partial charge < -0.3 is 10.3 Å². The maximum atomic E-state index is 5.27. The van der Waals surface area contributed by atoms with Gasteiger partial charge in [0.25, 0.3) is 0 Å². The molecule has 0 aliphatic rings. The predicted octanol–water partition coefficient (Wildman–Crippen LogP) is 1.10. The Morgan fingerprint density at radius 2 is 2.22 bits per heavy atom. The Morgan fingerprint density at radius 3 is 2.94 bits per heavy atom. The van der Waals surface area contributed by atoms with Crippen LogP contribution in [-0.2, 0) is 6.54 Å². The van der Waals surface area contributed by atoms with Crippen molar-refractivity contribution < 1.29 is 0 Å². The van der Waals surface area contributed by atoms with E-state index < -0.39 is 0 Å². The summed E-state index contributed by atoms with van der Waals surface area (Å²) in [6.07, 6.45) is 5.21. The molecule has 0 bridgehead atoms. The standard InChI is InChI=1S/C12H13N5S/c13-12(18)16-15-8-11-14-6-7-17(11)9-10-4-2-1-3-5-10/h1-8H,9H2,(H3,13,16,18)/b15-8+. The molecular formula is C12H13N5S. The molecule has 0 saturated heterocycles. The highest BCUT2D eigenvalue weighted by atomic mass is 32.1. The number of imidazole rings is 1. The molecular weight excluding hydrogens is 246 g/mol. The summed E-state index contributed by atoms with van der Waals surface area (Å²) in [5.41, 5.74) is 8.97. The lowest BCUT2D eigenvalue weighted by Crippen LogP contribution is -2.24. The van der Waals surface area contributed by atoms with Crippen molar-refractivity contribution in [3.63, 3.8) is 0 Å². The lowest BCUT2D eigenvalue weighted by molar-refractivity contribution is 0.788. The lowest BCUT2D eigenvalue weighted by Gasteiger charge is -2.04. The fourth-order valence-electron chi connectivity index (χ4n) is 1.52. The van der Waals surface area contributed by atoms with E-state index in [2.05, 4.69) is 39.9 Å². The first-order chi connectivity index (χ1) is 8.75. The lowest BCUT2D eigenvalue weighted by atomic mass is 10.2. The molecule has 0 saturated carbocycles. The van der Waals surface area contributed by atoms with E-state index in [1.54, 1.807) is 12.4 Å². The van der Waals surface area contributed by atoms with Crippen LogP contribution in [0.15, 0.2) is 47.8 Å². The van der Waals surface area contributed by atoms with Gasteiger partial charge in [0.05, 0.1) is 6.21 Å². The summed E-state index contributed by atoms with van der Waals surface area (Å²) >= 11 is 4.65. The molecule has 0 aliphatic carbocycles. The maximum absolute atomic E-state index is 5.27. The SMILES string of the molecule is NC(=S)N/N=C/c1nccn1Cc1ccccc1. The monoisotopic (exact) mass is 259 g/mol. The van der Waals surface area contributed by atoms with Gasteiger partial charge in [-0.3, -0.25) is 5.43 Å². The molecule has 0 spiro atoms. The topological polar surface area (TPSA) is 68.2 Å². The van der Waals surface area contributed by atoms with Crippen LogP contribution in [0, 0.1) is 0 Å². The predicted molar refractivity (Wildman–Crippen MR) is 75.3 cm³/mol. The molecule has 0 fully saturated rings. The van der Waals surface area contributed by atoms with Crippen LogP contribution in [0.2, 0.25) is 0 Å². The Morgan fingerprint density at radius 1 is 1.44 bits per heavy atom. The first-order valence-corrected chi connectivity index (χ1v) is 5.80. The highest BCUT2D eigenvalue weighted by Crippen LogP contribution is 2.04. The van der Waals surface area contributed by atoms with E-state index in [-0.39, 0.29) is 5.11 Å². The number of nitrogens with zero attached hydrogens (tertiary/aromatic N) is 3. The molecule has 6 heteroatoms. The smallest absolute Gasteiger partial charge is 0.184 e. The number of aromatic nitrogens is 2. The summed E-state index contributed by atoms with van der Waals surface area (Å²) < 4.78 is 1.99. The van der Waals surface area contributed by atoms with Gasteiger partial charge in [0.2, 0.25) is 0 Å². The van der Waals surface area contributed by atoms with Gasteiger partial charge in [-0.15, -0.1) is 0 Å². The van der Waals surface area contributed by atoms with Crippen molar-refractivity contribution in [3.8, 4) is 0 Å². The van der Waals surface area contributed by atoms with Gasteiger partial charge in [-0.05, 0) is 17.8 Å². The maximum Gasteiger partial charge on any atom is 0.184 e. The Hall–Kier alpha value is -2.21. The normalized spacial score (nSPS) is 10.7. The van der Waals surface area contributed by atoms with Gasteiger partial charge in [-0.25, -0.2) is 4.98 Å². The fourth-order valence-corrected chi connectivity index (χ4v) is 1.57. The summed E-state index contributed by atoms with van der Waals surface area (Å²) in [6, 6.07) is 10.1. The quantitative estimate of drug-likeness (QED) is 0.490. The first-order valence-electron chi connectivity index (χ1n) is 5.39. The summed E-state index contributed by atoms with van der Waals surface area (Å²) in [4.78, 5) is 4.20. The van der Waals surface area contributed by atoms with Crippen LogP contribution >= 0.6 is 12.2 Å². The van der Waals surface area contributed by atoms with Crippen LogP contribution in [0.5, 0.6) is 0 Å². The molecule has 0 unspecified atom stereocenters. The van der Waals surface area contributed by atoms with Crippen LogP contribution in [-0.4, -0.2) is 20.9 Å². The van der Waals surface area contributed by atoms with E-state index >= 15 is 0 Å². The highest BCUT2D eigenvalue weighted by Gasteiger charge is 2.00. The van der Waals surface area contributed by atoms with Crippen molar-refractivity contribution in [2.75, 3.05) is 0 Å². The van der Waals surface area contributed by atoms with Gasteiger partial charge >= 0.3 is 0 Å². The molecule has 92 valence electrons. The third-order valence-electron chi connectivity index (χ3n) is 2.30. The second-order valence-electron chi connectivity index (χ2n) is 3.63. The average molecular weight is 259 g/mol. The van der Waals surface area contributed by atoms with E-state index in [9.17, 15) is 0 Å². The Labute approximate surface area is 110 Å². The zero-order valence-electron chi connectivity index (χ0n) is 9.65. The molecule has 2 rings (SSSR count). The van der Waals surface area contributed by atoms with Gasteiger partial charge in [0.15, 0.2) is 10.9 Å². The summed E-state index contributed by atoms with van der Waals surface area (Å²) in [5, 5.41) is 4.02. The second-order valence-corrected chi connectivity index (χ2v) is 4.07. The molecule has 0 aliphatic heterocycles. The van der Waals surface area contributed by atoms with Crippen LogP contribution in [0.25, 0.3) is 0 Å². The molecule has 3 N–H and O–H groups in total. The van der Waals surface area contributed by atoms with Gasteiger partial charge in [-0.2, -0.15) is 5.10 Å². The number of hydrazone groups is 1. The van der Waals surface area contributed by atoms with Crippen molar-refractivity contribution in [2.24, 2.45) is 10.8 Å². The van der Waals surface area contributed by atoms with E-state index in [1.807, 2.05) is 29.0 Å². The number of nitrogens with one attached hydrogen (secondary N) is 1. The molecule has 1 aromatic carbocycles. The average Bonchev–Trinajstić information content (AvgIpc) is 2.78. The summed E-state index contributed by atoms with van der Waals surface area (Å²) in [6.45, 7) is 0.745. The summed E-state index contributed by atoms with van der Waals surface area (Å²) in [7, 11) is 0. The number of hydrogen-bond acceptors (Lipinski definition) is 3. The third-order valence-corrected chi connectivity index (χ3v) is 2.39. The number of hydrogen-bond donors (Lipinski definition) is 2. The van der Waals surface area contributed by atoms with E-state index in [1.165, 1.54) is 5.56 Å². The van der Waals surface area contributed by atoms with E-state index in [4.69, 9.17) is 5.73 Å². The molecule has 2 aromatic rings. The van der Waals surface area contributed by atoms with Crippen molar-refractivity contribution in [3.05, 3.63) is 54.1 Å². The summed E-state index contributed by atoms with van der Waals surface area (Å²) in [5.74, 6) is 0.739. The highest BCUT2D eigenvalue weighted by molar-refractivity contribution is 7.80. The molecule has 0 atom stereocenters. The van der Waals surface area contributed by atoms with Crippen molar-refractivity contribution in [2.45, 2.75) is 6.54 Å². The third kappa shape index (κ3) is 3.39. The van der Waals surface area contributed by atoms with Gasteiger partial charge in [0, 0.05) is 18.9 Å². The largest absolute Gasteiger partial charge is 0.375 e. The van der Waals surface area contributed by atoms with Crippen LogP contribution in [0.1, 0.15) is 11.4 Å². The molecule has 1 heterocycles. The minimum absolute atomic E-state index is 0.132. The second kappa shape index (κ2) is 5.92. The number of rotatable bonds is 4. The Balaban J connectivity index is 2.08. The van der Waals surface area contributed by atoms with Crippen molar-refractivity contribution in [1.82, 2.24) is 15.0 Å². The minimum atomic E-state index is 0.132. The first kappa shape index (κ1) is 12.3. The van der Waals surface area contributed by atoms with Crippen molar-refractivity contribution >= 4 is 23.5 Å². The van der Waals surface area contributed by atoms with Gasteiger partial charge in [0.1, 0.15) is 0 Å². The molecule has 0 amide bonds. The fraction of sp³-hybridized carbons (Fsp3) is 0.0833. The molecule has 5 nitrogen and oxygen atoms in total. The van der Waals surface area contributed by atoms with Crippen LogP contribution < -0.4 is 11.2 Å². The Kier molecular flexibility index (Phi) is 4.03. The van der Waals surface area contributed by atoms with E-state index in [0.29, 0.717) is 0 Å². The molecule has 0 radical (unpaired) electrons. The Bertz CT molecular complexity index is 547. The minimum Gasteiger partial charge on any atom is -0.375 e. The van der Waals surface area contributed by atoms with Gasteiger partial charge in [-0.1, -0.05) is 30.3 Å². The number of nitrogens with two attached hydrogens (primary N) is 1. The molecule has 1 aromatic heterocycles. The zero-order valence-corrected chi connectivity index (χ0v) is 10.5. The molecule has 18 heavy (non-hydrogen) atoms. The van der Waals surface area contributed by atoms with Crippen molar-refractivity contribution in [1.29, 1.82) is 0 Å². The zero-order chi connectivity index (χ0) is 12.8. The van der Waals surface area contributed by atoms with E-state index in [0.717, 1.165) is 12.4 Å². The van der Waals surface area contributed by atoms with Crippen LogP contribution in [0.4, 0.5) is 0 Å². The number of thiocarbonyl (C=S) groups is 1.